The predicted molar refractivity (Wildman–Crippen MR) is 40.9 cm³/mol. The Morgan fingerprint density at radius 2 is 2.30 bits per heavy atom. The van der Waals surface area contributed by atoms with Crippen LogP contribution in [0.2, 0.25) is 0 Å². The highest BCUT2D eigenvalue weighted by Crippen LogP contribution is 1.88. The van der Waals surface area contributed by atoms with Gasteiger partial charge in [-0.05, 0) is 6.42 Å². The van der Waals surface area contributed by atoms with Crippen LogP contribution in [0.4, 0.5) is 0 Å². The molecule has 0 aliphatic heterocycles. The minimum Gasteiger partial charge on any atom is -0.230 e. The van der Waals surface area contributed by atoms with E-state index >= 15 is 0 Å². The highest BCUT2D eigenvalue weighted by atomic mass is 15.7. The Hall–Kier alpha value is -0.900. The number of hydrogen-bond donors (Lipinski definition) is 1. The van der Waals surface area contributed by atoms with E-state index in [1.54, 1.807) is 13.2 Å². The van der Waals surface area contributed by atoms with E-state index in [9.17, 15) is 0 Å². The van der Waals surface area contributed by atoms with E-state index < -0.39 is 0 Å². The van der Waals surface area contributed by atoms with E-state index in [1.807, 2.05) is 6.08 Å². The Balaban J connectivity index is 3.32. The van der Waals surface area contributed by atoms with Gasteiger partial charge >= 0.3 is 0 Å². The summed E-state index contributed by atoms with van der Waals surface area (Å²) in [7, 11) is 1.62. The van der Waals surface area contributed by atoms with Gasteiger partial charge in [-0.1, -0.05) is 24.6 Å². The van der Waals surface area contributed by atoms with Crippen molar-refractivity contribution in [2.75, 3.05) is 7.05 Å². The van der Waals surface area contributed by atoms with Crippen molar-refractivity contribution in [1.82, 2.24) is 5.12 Å². The van der Waals surface area contributed by atoms with Gasteiger partial charge in [0.2, 0.25) is 0 Å². The van der Waals surface area contributed by atoms with Crippen molar-refractivity contribution < 1.29 is 0 Å². The Kier molecular flexibility index (Phi) is 5.66. The minimum atomic E-state index is 1.04. The van der Waals surface area contributed by atoms with Crippen LogP contribution in [0.5, 0.6) is 0 Å². The van der Waals surface area contributed by atoms with Gasteiger partial charge in [0.1, 0.15) is 0 Å². The third-order valence-corrected chi connectivity index (χ3v) is 0.820. The molecule has 0 rings (SSSR count). The Labute approximate surface area is 61.4 Å². The van der Waals surface area contributed by atoms with Gasteiger partial charge in [0.15, 0.2) is 0 Å². The summed E-state index contributed by atoms with van der Waals surface area (Å²) in [5, 5.41) is 8.36. The molecular weight excluding hydrogens is 128 g/mol. The van der Waals surface area contributed by atoms with Gasteiger partial charge in [0.05, 0.1) is 0 Å². The van der Waals surface area contributed by atoms with E-state index in [0.717, 1.165) is 18.0 Å². The summed E-state index contributed by atoms with van der Waals surface area (Å²) in [6.07, 6.45) is 5.76. The molecular formula is C6H14N4. The first-order valence-corrected chi connectivity index (χ1v) is 3.31. The van der Waals surface area contributed by atoms with Crippen LogP contribution < -0.4 is 5.84 Å². The van der Waals surface area contributed by atoms with Gasteiger partial charge in [-0.2, -0.15) is 0 Å². The van der Waals surface area contributed by atoms with Crippen molar-refractivity contribution >= 4 is 0 Å². The molecule has 0 heterocycles. The third-order valence-electron chi connectivity index (χ3n) is 0.820. The molecule has 0 aromatic heterocycles. The number of rotatable bonds is 4. The van der Waals surface area contributed by atoms with Gasteiger partial charge in [-0.3, -0.25) is 0 Å². The summed E-state index contributed by atoms with van der Waals surface area (Å²) in [6.45, 7) is 2.11. The summed E-state index contributed by atoms with van der Waals surface area (Å²) in [5.74, 6) is 5.15. The summed E-state index contributed by atoms with van der Waals surface area (Å²) < 4.78 is 0. The summed E-state index contributed by atoms with van der Waals surface area (Å²) in [4.78, 5) is 0. The number of allylic oxidation sites excluding steroid dienone is 1. The lowest BCUT2D eigenvalue weighted by Crippen LogP contribution is -2.17. The highest BCUT2D eigenvalue weighted by molar-refractivity contribution is 4.76. The highest BCUT2D eigenvalue weighted by Gasteiger charge is 1.73. The second-order valence-corrected chi connectivity index (χ2v) is 1.95. The molecule has 0 atom stereocenters. The predicted octanol–water partition coefficient (Wildman–Crippen LogP) is 1.47. The van der Waals surface area contributed by atoms with Crippen LogP contribution in [-0.4, -0.2) is 12.2 Å². The summed E-state index contributed by atoms with van der Waals surface area (Å²) in [5.41, 5.74) is 0. The second kappa shape index (κ2) is 6.22. The monoisotopic (exact) mass is 142 g/mol. The zero-order chi connectivity index (χ0) is 7.82. The molecule has 0 aliphatic carbocycles. The lowest BCUT2D eigenvalue weighted by Gasteiger charge is -1.96. The van der Waals surface area contributed by atoms with E-state index in [0.29, 0.717) is 0 Å². The number of nitrogens with zero attached hydrogens (tertiary/aromatic N) is 3. The molecule has 58 valence electrons. The molecule has 0 spiro atoms. The van der Waals surface area contributed by atoms with Gasteiger partial charge in [-0.15, -0.1) is 5.11 Å². The number of hydrazine groups is 1. The molecule has 0 fully saturated rings. The van der Waals surface area contributed by atoms with Gasteiger partial charge in [0.25, 0.3) is 0 Å². The van der Waals surface area contributed by atoms with Crippen molar-refractivity contribution in [3.63, 3.8) is 0 Å². The molecule has 0 aliphatic rings. The molecule has 0 bridgehead atoms. The SMILES string of the molecule is CCC/C=C/N=NN(C)N. The number of nitrogens with two attached hydrogens (primary N) is 1. The molecule has 0 saturated carbocycles. The van der Waals surface area contributed by atoms with Gasteiger partial charge < -0.3 is 0 Å². The fraction of sp³-hybridized carbons (Fsp3) is 0.667. The van der Waals surface area contributed by atoms with E-state index in [2.05, 4.69) is 17.3 Å². The number of unbranched alkanes of at least 4 members (excludes halogenated alkanes) is 1. The molecule has 2 N–H and O–H groups in total. The van der Waals surface area contributed by atoms with Crippen LogP contribution in [0.25, 0.3) is 0 Å². The second-order valence-electron chi connectivity index (χ2n) is 1.95. The summed E-state index contributed by atoms with van der Waals surface area (Å²) in [6, 6.07) is 0. The fourth-order valence-corrected chi connectivity index (χ4v) is 0.400. The molecule has 0 saturated heterocycles. The molecule has 0 amide bonds. The minimum absolute atomic E-state index is 1.04. The largest absolute Gasteiger partial charge is 0.230 e. The lowest BCUT2D eigenvalue weighted by atomic mass is 10.3. The average Bonchev–Trinajstić information content (AvgIpc) is 1.87. The van der Waals surface area contributed by atoms with Crippen molar-refractivity contribution in [1.29, 1.82) is 0 Å². The van der Waals surface area contributed by atoms with Crippen LogP contribution >= 0.6 is 0 Å². The zero-order valence-electron chi connectivity index (χ0n) is 6.49. The van der Waals surface area contributed by atoms with Crippen LogP contribution in [-0.2, 0) is 0 Å². The first kappa shape index (κ1) is 9.10. The maximum Gasteiger partial charge on any atom is 0.0473 e. The Morgan fingerprint density at radius 1 is 1.60 bits per heavy atom. The molecule has 0 radical (unpaired) electrons. The van der Waals surface area contributed by atoms with Crippen molar-refractivity contribution in [2.24, 2.45) is 16.2 Å². The molecule has 4 heteroatoms. The maximum atomic E-state index is 5.15. The Morgan fingerprint density at radius 3 is 2.80 bits per heavy atom. The molecule has 0 unspecified atom stereocenters. The third kappa shape index (κ3) is 7.10. The molecule has 0 aromatic carbocycles. The first-order valence-electron chi connectivity index (χ1n) is 3.31. The molecule has 0 aromatic rings. The lowest BCUT2D eigenvalue weighted by molar-refractivity contribution is 0.346. The van der Waals surface area contributed by atoms with Crippen LogP contribution in [0, 0.1) is 0 Å². The van der Waals surface area contributed by atoms with E-state index in [1.165, 1.54) is 0 Å². The van der Waals surface area contributed by atoms with Gasteiger partial charge in [-0.25, -0.2) is 11.0 Å². The topological polar surface area (TPSA) is 54.0 Å². The van der Waals surface area contributed by atoms with E-state index in [-0.39, 0.29) is 0 Å². The van der Waals surface area contributed by atoms with Crippen molar-refractivity contribution in [2.45, 2.75) is 19.8 Å². The standard InChI is InChI=1S/C6H14N4/c1-3-4-5-6-8-9-10(2)7/h5-6H,3-4,7H2,1-2H3/b6-5+,9-8?. The van der Waals surface area contributed by atoms with Crippen molar-refractivity contribution in [3.8, 4) is 0 Å². The zero-order valence-corrected chi connectivity index (χ0v) is 6.49. The molecule has 10 heavy (non-hydrogen) atoms. The fourth-order valence-electron chi connectivity index (χ4n) is 0.400. The first-order chi connectivity index (χ1) is 4.77. The van der Waals surface area contributed by atoms with Crippen molar-refractivity contribution in [3.05, 3.63) is 12.3 Å². The summed E-state index contributed by atoms with van der Waals surface area (Å²) >= 11 is 0. The number of hydrogen-bond acceptors (Lipinski definition) is 3. The normalized spacial score (nSPS) is 11.5. The quantitative estimate of drug-likeness (QED) is 0.367. The van der Waals surface area contributed by atoms with Crippen LogP contribution in [0.1, 0.15) is 19.8 Å². The van der Waals surface area contributed by atoms with Crippen LogP contribution in [0.3, 0.4) is 0 Å². The van der Waals surface area contributed by atoms with E-state index in [4.69, 9.17) is 5.84 Å². The van der Waals surface area contributed by atoms with Gasteiger partial charge in [0, 0.05) is 13.2 Å². The van der Waals surface area contributed by atoms with Crippen LogP contribution in [0.15, 0.2) is 22.6 Å². The maximum absolute atomic E-state index is 5.15. The Bertz CT molecular complexity index is 117. The molecule has 4 nitrogen and oxygen atoms in total. The smallest absolute Gasteiger partial charge is 0.0473 e. The average molecular weight is 142 g/mol.